The maximum atomic E-state index is 12.7. The van der Waals surface area contributed by atoms with Crippen LogP contribution >= 0.6 is 0 Å². The summed E-state index contributed by atoms with van der Waals surface area (Å²) in [5.74, 6) is 0.102. The number of carbonyl (C=O) groups is 1. The molecule has 1 fully saturated rings. The van der Waals surface area contributed by atoms with E-state index in [0.29, 0.717) is 6.04 Å². The Morgan fingerprint density at radius 1 is 0.923 bits per heavy atom. The van der Waals surface area contributed by atoms with E-state index >= 15 is 0 Å². The Morgan fingerprint density at radius 2 is 1.54 bits per heavy atom. The lowest BCUT2D eigenvalue weighted by atomic mass is 9.95. The molecule has 2 aromatic rings. The van der Waals surface area contributed by atoms with Gasteiger partial charge in [-0.1, -0.05) is 79.4 Å². The standard InChI is InChI=1S/C23H30N2O/c1-17-13-15-20(16-14-17)22(19-9-5-3-6-10-19)24-18(2)23(26)25-21-11-7-4-8-12-21/h3,5-6,9-10,13-16,18,21-22,24H,4,7-8,11-12H2,1-2H3,(H,25,26)/t18-,22-/m1/s1. The van der Waals surface area contributed by atoms with Crippen LogP contribution in [0.15, 0.2) is 54.6 Å². The van der Waals surface area contributed by atoms with Crippen LogP contribution in [0.1, 0.15) is 61.8 Å². The monoisotopic (exact) mass is 350 g/mol. The summed E-state index contributed by atoms with van der Waals surface area (Å²) in [6.07, 6.45) is 5.96. The molecule has 2 aromatic carbocycles. The third-order valence-corrected chi connectivity index (χ3v) is 5.31. The SMILES string of the molecule is Cc1ccc([C@H](N[C@H](C)C(=O)NC2CCCCC2)c2ccccc2)cc1. The summed E-state index contributed by atoms with van der Waals surface area (Å²) >= 11 is 0. The lowest BCUT2D eigenvalue weighted by Gasteiger charge is -2.27. The molecule has 1 aliphatic rings. The second-order valence-corrected chi connectivity index (χ2v) is 7.49. The molecule has 1 aliphatic carbocycles. The molecule has 0 spiro atoms. The van der Waals surface area contributed by atoms with Gasteiger partial charge in [-0.3, -0.25) is 10.1 Å². The lowest BCUT2D eigenvalue weighted by Crippen LogP contribution is -2.47. The van der Waals surface area contributed by atoms with Gasteiger partial charge in [0.25, 0.3) is 0 Å². The van der Waals surface area contributed by atoms with Crippen LogP contribution in [0, 0.1) is 6.92 Å². The number of hydrogen-bond donors (Lipinski definition) is 2. The maximum Gasteiger partial charge on any atom is 0.237 e. The third kappa shape index (κ3) is 4.95. The van der Waals surface area contributed by atoms with E-state index in [0.717, 1.165) is 12.8 Å². The van der Waals surface area contributed by atoms with Crippen LogP contribution in [0.5, 0.6) is 0 Å². The van der Waals surface area contributed by atoms with Crippen molar-refractivity contribution in [1.82, 2.24) is 10.6 Å². The molecule has 138 valence electrons. The fraction of sp³-hybridized carbons (Fsp3) is 0.435. The molecule has 3 heteroatoms. The van der Waals surface area contributed by atoms with Gasteiger partial charge < -0.3 is 5.32 Å². The van der Waals surface area contributed by atoms with Crippen molar-refractivity contribution in [3.05, 3.63) is 71.3 Å². The van der Waals surface area contributed by atoms with Gasteiger partial charge in [0.05, 0.1) is 12.1 Å². The smallest absolute Gasteiger partial charge is 0.237 e. The fourth-order valence-corrected chi connectivity index (χ4v) is 3.69. The van der Waals surface area contributed by atoms with Gasteiger partial charge in [0.1, 0.15) is 0 Å². The van der Waals surface area contributed by atoms with E-state index in [1.807, 2.05) is 25.1 Å². The molecule has 2 N–H and O–H groups in total. The van der Waals surface area contributed by atoms with E-state index in [2.05, 4.69) is 54.0 Å². The molecule has 3 rings (SSSR count). The van der Waals surface area contributed by atoms with Gasteiger partial charge in [0.15, 0.2) is 0 Å². The van der Waals surface area contributed by atoms with E-state index in [-0.39, 0.29) is 18.0 Å². The van der Waals surface area contributed by atoms with Crippen molar-refractivity contribution < 1.29 is 4.79 Å². The molecule has 0 unspecified atom stereocenters. The highest BCUT2D eigenvalue weighted by molar-refractivity contribution is 5.81. The normalized spacial score (nSPS) is 17.5. The number of amides is 1. The molecule has 0 aromatic heterocycles. The summed E-state index contributed by atoms with van der Waals surface area (Å²) in [4.78, 5) is 12.7. The Labute approximate surface area is 157 Å². The Balaban J connectivity index is 1.72. The van der Waals surface area contributed by atoms with Gasteiger partial charge in [0.2, 0.25) is 5.91 Å². The topological polar surface area (TPSA) is 41.1 Å². The molecular formula is C23H30N2O. The second kappa shape index (κ2) is 9.00. The highest BCUT2D eigenvalue weighted by Crippen LogP contribution is 2.23. The summed E-state index contributed by atoms with van der Waals surface area (Å²) in [5.41, 5.74) is 3.59. The van der Waals surface area contributed by atoms with E-state index < -0.39 is 0 Å². The van der Waals surface area contributed by atoms with Crippen molar-refractivity contribution in [2.75, 3.05) is 0 Å². The van der Waals surface area contributed by atoms with Gasteiger partial charge in [-0.25, -0.2) is 0 Å². The number of nitrogens with one attached hydrogen (secondary N) is 2. The zero-order valence-electron chi connectivity index (χ0n) is 15.9. The van der Waals surface area contributed by atoms with Crippen molar-refractivity contribution in [1.29, 1.82) is 0 Å². The summed E-state index contributed by atoms with van der Waals surface area (Å²) in [6.45, 7) is 4.05. The number of carbonyl (C=O) groups excluding carboxylic acids is 1. The van der Waals surface area contributed by atoms with Crippen molar-refractivity contribution >= 4 is 5.91 Å². The first-order valence-electron chi connectivity index (χ1n) is 9.81. The van der Waals surface area contributed by atoms with Crippen LogP contribution in [0.25, 0.3) is 0 Å². The summed E-state index contributed by atoms with van der Waals surface area (Å²) in [5, 5.41) is 6.78. The van der Waals surface area contributed by atoms with Gasteiger partial charge >= 0.3 is 0 Å². The average Bonchev–Trinajstić information content (AvgIpc) is 2.68. The number of aryl methyl sites for hydroxylation is 1. The van der Waals surface area contributed by atoms with Crippen molar-refractivity contribution in [3.8, 4) is 0 Å². The minimum Gasteiger partial charge on any atom is -0.352 e. The average molecular weight is 351 g/mol. The molecule has 1 saturated carbocycles. The van der Waals surface area contributed by atoms with Crippen LogP contribution in [-0.4, -0.2) is 18.0 Å². The summed E-state index contributed by atoms with van der Waals surface area (Å²) < 4.78 is 0. The van der Waals surface area contributed by atoms with Crippen LogP contribution < -0.4 is 10.6 Å². The molecule has 0 aliphatic heterocycles. The maximum absolute atomic E-state index is 12.7. The largest absolute Gasteiger partial charge is 0.352 e. The predicted molar refractivity (Wildman–Crippen MR) is 107 cm³/mol. The van der Waals surface area contributed by atoms with Crippen molar-refractivity contribution in [2.24, 2.45) is 0 Å². The zero-order valence-corrected chi connectivity index (χ0v) is 15.9. The molecule has 26 heavy (non-hydrogen) atoms. The van der Waals surface area contributed by atoms with Gasteiger partial charge in [0, 0.05) is 6.04 Å². The molecule has 0 bridgehead atoms. The fourth-order valence-electron chi connectivity index (χ4n) is 3.69. The van der Waals surface area contributed by atoms with E-state index in [1.165, 1.54) is 36.0 Å². The molecule has 3 nitrogen and oxygen atoms in total. The van der Waals surface area contributed by atoms with E-state index in [4.69, 9.17) is 0 Å². The van der Waals surface area contributed by atoms with Crippen LogP contribution in [0.4, 0.5) is 0 Å². The van der Waals surface area contributed by atoms with Crippen molar-refractivity contribution in [3.63, 3.8) is 0 Å². The Bertz CT molecular complexity index is 690. The molecule has 1 amide bonds. The Hall–Kier alpha value is -2.13. The van der Waals surface area contributed by atoms with E-state index in [9.17, 15) is 4.79 Å². The number of rotatable bonds is 6. The zero-order chi connectivity index (χ0) is 18.4. The van der Waals surface area contributed by atoms with Gasteiger partial charge in [-0.15, -0.1) is 0 Å². The Kier molecular flexibility index (Phi) is 6.45. The first kappa shape index (κ1) is 18.7. The number of benzene rings is 2. The molecular weight excluding hydrogens is 320 g/mol. The minimum atomic E-state index is -0.247. The van der Waals surface area contributed by atoms with Gasteiger partial charge in [-0.2, -0.15) is 0 Å². The molecule has 0 heterocycles. The van der Waals surface area contributed by atoms with E-state index in [1.54, 1.807) is 0 Å². The second-order valence-electron chi connectivity index (χ2n) is 7.49. The lowest BCUT2D eigenvalue weighted by molar-refractivity contribution is -0.123. The minimum absolute atomic E-state index is 0.00362. The highest BCUT2D eigenvalue weighted by atomic mass is 16.2. The van der Waals surface area contributed by atoms with Crippen LogP contribution in [0.2, 0.25) is 0 Å². The molecule has 0 radical (unpaired) electrons. The first-order valence-corrected chi connectivity index (χ1v) is 9.81. The quantitative estimate of drug-likeness (QED) is 0.805. The summed E-state index contributed by atoms with van der Waals surface area (Å²) in [7, 11) is 0. The van der Waals surface area contributed by atoms with Crippen LogP contribution in [0.3, 0.4) is 0 Å². The Morgan fingerprint density at radius 3 is 2.19 bits per heavy atom. The van der Waals surface area contributed by atoms with Crippen molar-refractivity contribution in [2.45, 2.75) is 64.1 Å². The highest BCUT2D eigenvalue weighted by Gasteiger charge is 2.23. The predicted octanol–water partition coefficient (Wildman–Crippen LogP) is 4.51. The first-order chi connectivity index (χ1) is 12.6. The number of hydrogen-bond acceptors (Lipinski definition) is 2. The molecule has 2 atom stereocenters. The van der Waals surface area contributed by atoms with Crippen LogP contribution in [-0.2, 0) is 4.79 Å². The summed E-state index contributed by atoms with van der Waals surface area (Å²) in [6, 6.07) is 19.0. The van der Waals surface area contributed by atoms with Gasteiger partial charge in [-0.05, 0) is 37.8 Å². The molecule has 0 saturated heterocycles. The third-order valence-electron chi connectivity index (χ3n) is 5.31.